The van der Waals surface area contributed by atoms with Crippen molar-refractivity contribution >= 4 is 56.8 Å². The number of hydrogen-bond acceptors (Lipinski definition) is 4. The fraction of sp³-hybridized carbons (Fsp3) is 0.160. The van der Waals surface area contributed by atoms with Gasteiger partial charge in [0.25, 0.3) is 0 Å². The molecule has 0 aliphatic carbocycles. The first-order valence-corrected chi connectivity index (χ1v) is 12.7. The first-order chi connectivity index (χ1) is 14.7. The van der Waals surface area contributed by atoms with Crippen molar-refractivity contribution in [1.29, 1.82) is 0 Å². The third-order valence-electron chi connectivity index (χ3n) is 4.24. The van der Waals surface area contributed by atoms with Gasteiger partial charge in [-0.05, 0) is 72.9 Å². The maximum atomic E-state index is 4.60. The molecule has 0 unspecified atom stereocenters. The molecule has 0 N–H and O–H groups in total. The lowest BCUT2D eigenvalue weighted by molar-refractivity contribution is 1.00. The van der Waals surface area contributed by atoms with Gasteiger partial charge < -0.3 is 4.90 Å². The summed E-state index contributed by atoms with van der Waals surface area (Å²) in [5.41, 5.74) is 1.30. The van der Waals surface area contributed by atoms with Crippen LogP contribution in [0, 0.1) is 3.57 Å². The zero-order valence-electron chi connectivity index (χ0n) is 17.2. The molecule has 154 valence electrons. The molecule has 2 nitrogen and oxygen atoms in total. The number of aliphatic imine (C=N–C) groups is 1. The van der Waals surface area contributed by atoms with E-state index in [2.05, 4.69) is 125 Å². The maximum absolute atomic E-state index is 4.60. The summed E-state index contributed by atoms with van der Waals surface area (Å²) in [5.74, 6) is 0. The molecule has 0 saturated carbocycles. The molecule has 0 bridgehead atoms. The van der Waals surface area contributed by atoms with Crippen molar-refractivity contribution in [3.63, 3.8) is 0 Å². The number of anilines is 1. The van der Waals surface area contributed by atoms with E-state index in [0.29, 0.717) is 0 Å². The van der Waals surface area contributed by atoms with Gasteiger partial charge in [0, 0.05) is 26.5 Å². The number of benzene rings is 2. The van der Waals surface area contributed by atoms with Gasteiger partial charge in [-0.2, -0.15) is 0 Å². The lowest BCUT2D eigenvalue weighted by Crippen LogP contribution is -2.16. The van der Waals surface area contributed by atoms with E-state index in [9.17, 15) is 0 Å². The van der Waals surface area contributed by atoms with Crippen LogP contribution in [0.15, 0.2) is 111 Å². The molecule has 0 aromatic heterocycles. The van der Waals surface area contributed by atoms with Gasteiger partial charge in [-0.15, -0.1) is 0 Å². The summed E-state index contributed by atoms with van der Waals surface area (Å²) in [5, 5.41) is 2.29. The van der Waals surface area contributed by atoms with Crippen LogP contribution < -0.4 is 4.90 Å². The number of rotatable bonds is 7. The van der Waals surface area contributed by atoms with Crippen LogP contribution >= 0.6 is 46.1 Å². The zero-order valence-corrected chi connectivity index (χ0v) is 21.0. The van der Waals surface area contributed by atoms with Gasteiger partial charge in [0.05, 0.1) is 15.8 Å². The molecule has 1 heterocycles. The second kappa shape index (κ2) is 12.2. The summed E-state index contributed by atoms with van der Waals surface area (Å²) in [4.78, 5) is 9.52. The van der Waals surface area contributed by atoms with E-state index in [4.69, 9.17) is 0 Å². The Labute approximate surface area is 202 Å². The lowest BCUT2D eigenvalue weighted by Gasteiger charge is -2.17. The van der Waals surface area contributed by atoms with E-state index in [1.807, 2.05) is 23.9 Å². The van der Waals surface area contributed by atoms with Gasteiger partial charge in [0.1, 0.15) is 0 Å². The predicted octanol–water partition coefficient (Wildman–Crippen LogP) is 7.94. The Morgan fingerprint density at radius 2 is 1.73 bits per heavy atom. The molecule has 0 spiro atoms. The third kappa shape index (κ3) is 6.40. The predicted molar refractivity (Wildman–Crippen MR) is 144 cm³/mol. The molecule has 1 aliphatic rings. The van der Waals surface area contributed by atoms with Gasteiger partial charge in [0.2, 0.25) is 0 Å². The highest BCUT2D eigenvalue weighted by Crippen LogP contribution is 2.45. The molecule has 2 aromatic rings. The Balaban J connectivity index is 1.57. The monoisotopic (exact) mass is 544 g/mol. The Morgan fingerprint density at radius 3 is 2.53 bits per heavy atom. The quantitative estimate of drug-likeness (QED) is 0.116. The minimum absolute atomic E-state index is 0.779. The number of fused-ring (bicyclic) bond motifs is 1. The van der Waals surface area contributed by atoms with E-state index in [-0.39, 0.29) is 0 Å². The summed E-state index contributed by atoms with van der Waals surface area (Å²) >= 11 is 5.90. The molecule has 3 rings (SSSR count). The van der Waals surface area contributed by atoms with E-state index < -0.39 is 0 Å². The van der Waals surface area contributed by atoms with E-state index in [1.54, 1.807) is 11.8 Å². The molecule has 5 heteroatoms. The van der Waals surface area contributed by atoms with Crippen molar-refractivity contribution in [1.82, 2.24) is 0 Å². The summed E-state index contributed by atoms with van der Waals surface area (Å²) < 4.78 is 1.25. The molecule has 0 amide bonds. The average Bonchev–Trinajstić information content (AvgIpc) is 3.12. The van der Waals surface area contributed by atoms with E-state index in [0.717, 1.165) is 18.1 Å². The smallest absolute Gasteiger partial charge is 0.0952 e. The fourth-order valence-electron chi connectivity index (χ4n) is 2.89. The lowest BCUT2D eigenvalue weighted by atomic mass is 10.3. The van der Waals surface area contributed by atoms with Crippen LogP contribution in [0.25, 0.3) is 0 Å². The van der Waals surface area contributed by atoms with Crippen LogP contribution in [-0.4, -0.2) is 18.1 Å². The van der Waals surface area contributed by atoms with Gasteiger partial charge in [-0.3, -0.25) is 4.99 Å². The molecule has 0 saturated heterocycles. The van der Waals surface area contributed by atoms with Crippen LogP contribution in [0.3, 0.4) is 0 Å². The molecule has 1 aliphatic heterocycles. The SMILES string of the molecule is CCN=C(/C=C/C=C/C=C/C=C1\Sc2ccccc2N1CC)Sc1ccccc1I. The third-order valence-corrected chi connectivity index (χ3v) is 7.73. The molecular formula is C25H25IN2S2. The van der Waals surface area contributed by atoms with Crippen molar-refractivity contribution in [3.05, 3.63) is 99.7 Å². The van der Waals surface area contributed by atoms with Crippen molar-refractivity contribution in [2.24, 2.45) is 4.99 Å². The highest BCUT2D eigenvalue weighted by Gasteiger charge is 2.22. The zero-order chi connectivity index (χ0) is 21.2. The maximum Gasteiger partial charge on any atom is 0.0952 e. The number of thioether (sulfide) groups is 2. The molecular weight excluding hydrogens is 519 g/mol. The van der Waals surface area contributed by atoms with Gasteiger partial charge >= 0.3 is 0 Å². The summed E-state index contributed by atoms with van der Waals surface area (Å²) in [6, 6.07) is 17.0. The second-order valence-corrected chi connectivity index (χ2v) is 9.58. The van der Waals surface area contributed by atoms with Gasteiger partial charge in [-0.25, -0.2) is 0 Å². The first kappa shape index (κ1) is 23.0. The minimum Gasteiger partial charge on any atom is -0.335 e. The van der Waals surface area contributed by atoms with Crippen LogP contribution in [-0.2, 0) is 0 Å². The summed E-state index contributed by atoms with van der Waals surface area (Å²) in [7, 11) is 0. The fourth-order valence-corrected chi connectivity index (χ4v) is 5.62. The Morgan fingerprint density at radius 1 is 1.00 bits per heavy atom. The molecule has 2 aromatic carbocycles. The normalized spacial score (nSPS) is 15.9. The summed E-state index contributed by atoms with van der Waals surface area (Å²) in [6.07, 6.45) is 14.6. The van der Waals surface area contributed by atoms with E-state index in [1.165, 1.54) is 24.1 Å². The standard InChI is InChI=1S/C25H25IN2S2/c1-3-27-24(29-22-16-12-10-14-20(22)26)18-8-6-5-7-9-19-25-28(4-2)21-15-11-13-17-23(21)30-25/h5-19H,3-4H2,1-2H3/b6-5+,9-7+,18-8+,25-19-,27-24?. The Bertz CT molecular complexity index is 1010. The topological polar surface area (TPSA) is 15.6 Å². The van der Waals surface area contributed by atoms with Crippen molar-refractivity contribution in [2.75, 3.05) is 18.0 Å². The number of nitrogens with zero attached hydrogens (tertiary/aromatic N) is 2. The van der Waals surface area contributed by atoms with Crippen molar-refractivity contribution < 1.29 is 0 Å². The average molecular weight is 545 g/mol. The highest BCUT2D eigenvalue weighted by molar-refractivity contribution is 14.1. The summed E-state index contributed by atoms with van der Waals surface area (Å²) in [6.45, 7) is 6.01. The van der Waals surface area contributed by atoms with Crippen LogP contribution in [0.5, 0.6) is 0 Å². The van der Waals surface area contributed by atoms with Crippen LogP contribution in [0.1, 0.15) is 13.8 Å². The van der Waals surface area contributed by atoms with Crippen LogP contribution in [0.2, 0.25) is 0 Å². The number of para-hydroxylation sites is 1. The molecule has 30 heavy (non-hydrogen) atoms. The molecule has 0 radical (unpaired) electrons. The van der Waals surface area contributed by atoms with Crippen molar-refractivity contribution in [2.45, 2.75) is 23.6 Å². The van der Waals surface area contributed by atoms with Gasteiger partial charge in [0.15, 0.2) is 0 Å². The highest BCUT2D eigenvalue weighted by atomic mass is 127. The second-order valence-electron chi connectivity index (χ2n) is 6.29. The number of hydrogen-bond donors (Lipinski definition) is 0. The Hall–Kier alpha value is -1.70. The first-order valence-electron chi connectivity index (χ1n) is 9.96. The Kier molecular flexibility index (Phi) is 9.36. The van der Waals surface area contributed by atoms with E-state index >= 15 is 0 Å². The minimum atomic E-state index is 0.779. The number of allylic oxidation sites excluding steroid dienone is 6. The number of halogens is 1. The largest absolute Gasteiger partial charge is 0.335 e. The molecule has 0 atom stereocenters. The molecule has 0 fully saturated rings. The van der Waals surface area contributed by atoms with Crippen molar-refractivity contribution in [3.8, 4) is 0 Å². The van der Waals surface area contributed by atoms with Gasteiger partial charge in [-0.1, -0.05) is 78.2 Å². The van der Waals surface area contributed by atoms with Crippen LogP contribution in [0.4, 0.5) is 5.69 Å².